The van der Waals surface area contributed by atoms with E-state index < -0.39 is 0 Å². The Morgan fingerprint density at radius 1 is 1.08 bits per heavy atom. The Kier molecular flexibility index (Phi) is 4.15. The molecule has 0 saturated carbocycles. The molecule has 3 N–H and O–H groups in total. The molecule has 0 radical (unpaired) electrons. The molecule has 0 aliphatic rings. The number of aromatic amines is 2. The van der Waals surface area contributed by atoms with Crippen molar-refractivity contribution >= 4 is 10.9 Å². The number of fused-ring (bicyclic) bond motifs is 1. The van der Waals surface area contributed by atoms with E-state index in [0.29, 0.717) is 18.7 Å². The highest BCUT2D eigenvalue weighted by Gasteiger charge is 2.16. The molecular weight excluding hydrogens is 304 g/mol. The highest BCUT2D eigenvalue weighted by molar-refractivity contribution is 5.82. The van der Waals surface area contributed by atoms with Crippen LogP contribution < -0.4 is 16.6 Å². The smallest absolute Gasteiger partial charge is 0.328 e. The van der Waals surface area contributed by atoms with Gasteiger partial charge in [-0.05, 0) is 37.8 Å². The summed E-state index contributed by atoms with van der Waals surface area (Å²) in [5.74, 6) is 0. The number of nitrogens with zero attached hydrogens (tertiary/aromatic N) is 1. The lowest BCUT2D eigenvalue weighted by Crippen LogP contribution is -2.40. The van der Waals surface area contributed by atoms with Crippen molar-refractivity contribution in [1.82, 2.24) is 19.9 Å². The van der Waals surface area contributed by atoms with Crippen molar-refractivity contribution in [3.63, 3.8) is 0 Å². The predicted octanol–water partition coefficient (Wildman–Crippen LogP) is 2.06. The zero-order valence-corrected chi connectivity index (χ0v) is 14.1. The van der Waals surface area contributed by atoms with Crippen LogP contribution >= 0.6 is 0 Å². The second kappa shape index (κ2) is 6.13. The summed E-state index contributed by atoms with van der Waals surface area (Å²) in [6.07, 6.45) is 3.56. The summed E-state index contributed by atoms with van der Waals surface area (Å²) in [5, 5.41) is 4.44. The first-order chi connectivity index (χ1) is 11.4. The fraction of sp³-hybridized carbons (Fsp3) is 0.333. The summed E-state index contributed by atoms with van der Waals surface area (Å²) in [6.45, 7) is 6.80. The largest absolute Gasteiger partial charge is 0.361 e. The third-order valence-corrected chi connectivity index (χ3v) is 4.04. The lowest BCUT2D eigenvalue weighted by atomic mass is 10.1. The second-order valence-electron chi connectivity index (χ2n) is 6.92. The van der Waals surface area contributed by atoms with Crippen LogP contribution in [0.3, 0.4) is 0 Å². The molecule has 24 heavy (non-hydrogen) atoms. The number of hydrogen-bond donors (Lipinski definition) is 3. The van der Waals surface area contributed by atoms with Crippen molar-refractivity contribution in [2.45, 2.75) is 39.4 Å². The molecular formula is C18H22N4O2. The maximum atomic E-state index is 12.0. The minimum Gasteiger partial charge on any atom is -0.361 e. The average molecular weight is 326 g/mol. The third kappa shape index (κ3) is 3.19. The molecule has 2 aromatic heterocycles. The Morgan fingerprint density at radius 2 is 1.83 bits per heavy atom. The molecule has 6 nitrogen and oxygen atoms in total. The molecule has 0 fully saturated rings. The number of nitrogens with one attached hydrogen (secondary N) is 3. The number of aromatic nitrogens is 3. The predicted molar refractivity (Wildman–Crippen MR) is 95.2 cm³/mol. The van der Waals surface area contributed by atoms with Gasteiger partial charge in [-0.3, -0.25) is 14.3 Å². The summed E-state index contributed by atoms with van der Waals surface area (Å²) in [4.78, 5) is 29.6. The maximum absolute atomic E-state index is 12.0. The van der Waals surface area contributed by atoms with Crippen molar-refractivity contribution < 1.29 is 0 Å². The topological polar surface area (TPSA) is 82.7 Å². The van der Waals surface area contributed by atoms with Gasteiger partial charge in [0, 0.05) is 42.1 Å². The van der Waals surface area contributed by atoms with Gasteiger partial charge < -0.3 is 10.3 Å². The van der Waals surface area contributed by atoms with Crippen molar-refractivity contribution in [2.75, 3.05) is 0 Å². The second-order valence-corrected chi connectivity index (χ2v) is 6.92. The molecule has 0 aliphatic heterocycles. The van der Waals surface area contributed by atoms with Crippen LogP contribution in [0.2, 0.25) is 0 Å². The van der Waals surface area contributed by atoms with Gasteiger partial charge in [0.25, 0.3) is 5.56 Å². The minimum absolute atomic E-state index is 0.342. The lowest BCUT2D eigenvalue weighted by Gasteiger charge is -2.22. The molecule has 0 saturated heterocycles. The van der Waals surface area contributed by atoms with Gasteiger partial charge >= 0.3 is 5.69 Å². The zero-order chi connectivity index (χ0) is 17.3. The molecule has 126 valence electrons. The number of H-pyrrole nitrogens is 2. The van der Waals surface area contributed by atoms with E-state index in [4.69, 9.17) is 0 Å². The quantitative estimate of drug-likeness (QED) is 0.686. The molecule has 0 amide bonds. The summed E-state index contributed by atoms with van der Waals surface area (Å²) < 4.78 is 1.55. The van der Waals surface area contributed by atoms with Gasteiger partial charge in [-0.1, -0.05) is 18.2 Å². The van der Waals surface area contributed by atoms with Crippen LogP contribution in [0.25, 0.3) is 10.9 Å². The maximum Gasteiger partial charge on any atom is 0.328 e. The number of benzene rings is 1. The van der Waals surface area contributed by atoms with Gasteiger partial charge in [-0.15, -0.1) is 0 Å². The summed E-state index contributed by atoms with van der Waals surface area (Å²) in [7, 11) is 0. The van der Waals surface area contributed by atoms with Gasteiger partial charge in [-0.2, -0.15) is 0 Å². The van der Waals surface area contributed by atoms with Crippen LogP contribution in [0.5, 0.6) is 0 Å². The molecule has 2 heterocycles. The van der Waals surface area contributed by atoms with Gasteiger partial charge in [0.1, 0.15) is 0 Å². The van der Waals surface area contributed by atoms with Crippen LogP contribution in [0.1, 0.15) is 31.9 Å². The molecule has 0 spiro atoms. The highest BCUT2D eigenvalue weighted by atomic mass is 16.2. The Labute approximate surface area is 139 Å². The van der Waals surface area contributed by atoms with E-state index in [1.54, 1.807) is 10.8 Å². The van der Waals surface area contributed by atoms with E-state index in [1.165, 1.54) is 0 Å². The van der Waals surface area contributed by atoms with Gasteiger partial charge in [-0.25, -0.2) is 4.79 Å². The van der Waals surface area contributed by atoms with Crippen molar-refractivity contribution in [2.24, 2.45) is 0 Å². The van der Waals surface area contributed by atoms with Crippen molar-refractivity contribution in [3.05, 3.63) is 68.6 Å². The van der Waals surface area contributed by atoms with Crippen LogP contribution in [0.15, 0.2) is 46.2 Å². The number of rotatable bonds is 4. The summed E-state index contributed by atoms with van der Waals surface area (Å²) in [5.41, 5.74) is 1.67. The molecule has 6 heteroatoms. The number of hydrogen-bond acceptors (Lipinski definition) is 3. The van der Waals surface area contributed by atoms with Gasteiger partial charge in [0.2, 0.25) is 0 Å². The van der Waals surface area contributed by atoms with Crippen LogP contribution in [0.4, 0.5) is 0 Å². The molecule has 3 aromatic rings. The standard InChI is InChI=1S/C18H22N4O2/c1-18(2,3)22-11-14(16(23)21-17(22)24)10-19-9-13-6-4-5-12-7-8-20-15(12)13/h4-8,11,19-20H,9-10H2,1-3H3,(H,21,23,24). The van der Waals surface area contributed by atoms with Crippen molar-refractivity contribution in [3.8, 4) is 0 Å². The molecule has 0 unspecified atom stereocenters. The third-order valence-electron chi connectivity index (χ3n) is 4.04. The summed E-state index contributed by atoms with van der Waals surface area (Å²) >= 11 is 0. The molecule has 3 rings (SSSR count). The van der Waals surface area contributed by atoms with Crippen LogP contribution in [0, 0.1) is 0 Å². The molecule has 1 aromatic carbocycles. The molecule has 0 bridgehead atoms. The van der Waals surface area contributed by atoms with E-state index in [0.717, 1.165) is 16.5 Å². The Morgan fingerprint density at radius 3 is 2.58 bits per heavy atom. The van der Waals surface area contributed by atoms with Crippen molar-refractivity contribution in [1.29, 1.82) is 0 Å². The highest BCUT2D eigenvalue weighted by Crippen LogP contribution is 2.16. The van der Waals surface area contributed by atoms with E-state index >= 15 is 0 Å². The van der Waals surface area contributed by atoms with Crippen LogP contribution in [-0.2, 0) is 18.6 Å². The van der Waals surface area contributed by atoms with E-state index in [-0.39, 0.29) is 16.8 Å². The first-order valence-electron chi connectivity index (χ1n) is 7.97. The van der Waals surface area contributed by atoms with E-state index in [9.17, 15) is 9.59 Å². The Bertz CT molecular complexity index is 973. The fourth-order valence-corrected chi connectivity index (χ4v) is 2.76. The monoisotopic (exact) mass is 326 g/mol. The molecule has 0 aliphatic carbocycles. The number of para-hydroxylation sites is 1. The Hall–Kier alpha value is -2.60. The Balaban J connectivity index is 1.79. The van der Waals surface area contributed by atoms with Crippen LogP contribution in [-0.4, -0.2) is 14.5 Å². The molecule has 0 atom stereocenters. The lowest BCUT2D eigenvalue weighted by molar-refractivity contribution is 0.374. The first kappa shape index (κ1) is 16.3. The van der Waals surface area contributed by atoms with E-state index in [2.05, 4.69) is 21.4 Å². The average Bonchev–Trinajstić information content (AvgIpc) is 2.97. The fourth-order valence-electron chi connectivity index (χ4n) is 2.76. The summed E-state index contributed by atoms with van der Waals surface area (Å²) in [6, 6.07) is 8.15. The SMILES string of the molecule is CC(C)(C)n1cc(CNCc2cccc3cc[nH]c23)c(=O)[nH]c1=O. The normalized spacial score (nSPS) is 12.0. The van der Waals surface area contributed by atoms with E-state index in [1.807, 2.05) is 45.2 Å². The van der Waals surface area contributed by atoms with Gasteiger partial charge in [0.15, 0.2) is 0 Å². The minimum atomic E-state index is -0.383. The first-order valence-corrected chi connectivity index (χ1v) is 7.97. The van der Waals surface area contributed by atoms with Gasteiger partial charge in [0.05, 0.1) is 0 Å². The zero-order valence-electron chi connectivity index (χ0n) is 14.1.